The molecule has 6 aromatic rings. The first-order chi connectivity index (χ1) is 16.1. The molecular formula is C31H22NO+. The molecule has 1 aliphatic carbocycles. The third-order valence-electron chi connectivity index (χ3n) is 7.93. The Bertz CT molecular complexity index is 1830. The van der Waals surface area contributed by atoms with E-state index in [1.54, 1.807) is 0 Å². The Kier molecular flexibility index (Phi) is 3.05. The highest BCUT2D eigenvalue weighted by molar-refractivity contribution is 6.13. The van der Waals surface area contributed by atoms with Gasteiger partial charge in [0.1, 0.15) is 5.75 Å². The molecule has 0 N–H and O–H groups in total. The zero-order valence-electron chi connectivity index (χ0n) is 18.6. The van der Waals surface area contributed by atoms with Gasteiger partial charge in [-0.15, -0.1) is 0 Å². The molecule has 33 heavy (non-hydrogen) atoms. The predicted octanol–water partition coefficient (Wildman–Crippen LogP) is 7.24. The summed E-state index contributed by atoms with van der Waals surface area (Å²) < 4.78 is 9.00. The summed E-state index contributed by atoms with van der Waals surface area (Å²) in [6, 6.07) is 31.2. The van der Waals surface area contributed by atoms with Gasteiger partial charge in [0, 0.05) is 27.8 Å². The van der Waals surface area contributed by atoms with Crippen molar-refractivity contribution in [1.29, 1.82) is 0 Å². The Balaban J connectivity index is 1.55. The van der Waals surface area contributed by atoms with Gasteiger partial charge in [-0.1, -0.05) is 68.4 Å². The summed E-state index contributed by atoms with van der Waals surface area (Å²) in [5.74, 6) is 1.04. The molecule has 156 valence electrons. The molecule has 2 aliphatic rings. The van der Waals surface area contributed by atoms with Crippen molar-refractivity contribution in [3.8, 4) is 17.0 Å². The summed E-state index contributed by atoms with van der Waals surface area (Å²) in [5.41, 5.74) is 6.50. The van der Waals surface area contributed by atoms with Crippen LogP contribution < -0.4 is 9.30 Å². The molecule has 0 unspecified atom stereocenters. The number of rotatable bonds is 0. The lowest BCUT2D eigenvalue weighted by molar-refractivity contribution is -0.693. The minimum Gasteiger partial charge on any atom is -0.434 e. The first kappa shape index (κ1) is 17.6. The second kappa shape index (κ2) is 5.71. The zero-order chi connectivity index (χ0) is 21.9. The Morgan fingerprint density at radius 3 is 2.27 bits per heavy atom. The van der Waals surface area contributed by atoms with E-state index in [1.165, 1.54) is 65.6 Å². The number of aromatic nitrogens is 1. The maximum absolute atomic E-state index is 6.60. The largest absolute Gasteiger partial charge is 0.434 e. The molecule has 2 heteroatoms. The van der Waals surface area contributed by atoms with Crippen LogP contribution in [0.3, 0.4) is 0 Å². The molecule has 8 rings (SSSR count). The number of fused-ring (bicyclic) bond motifs is 7. The summed E-state index contributed by atoms with van der Waals surface area (Å²) in [6.07, 6.45) is 0. The summed E-state index contributed by atoms with van der Waals surface area (Å²) in [7, 11) is 0. The number of benzene rings is 5. The fraction of sp³-hybridized carbons (Fsp3) is 0.129. The van der Waals surface area contributed by atoms with Crippen LogP contribution in [0.2, 0.25) is 0 Å². The average Bonchev–Trinajstić information content (AvgIpc) is 3.07. The number of nitrogens with zero attached hydrogens (tertiary/aromatic N) is 1. The molecule has 0 spiro atoms. The average molecular weight is 425 g/mol. The fourth-order valence-corrected chi connectivity index (χ4v) is 6.24. The second-order valence-corrected chi connectivity index (χ2v) is 10.0. The fourth-order valence-electron chi connectivity index (χ4n) is 6.24. The third kappa shape index (κ3) is 2.07. The molecule has 0 saturated heterocycles. The van der Waals surface area contributed by atoms with Crippen LogP contribution in [0.15, 0.2) is 84.9 Å². The monoisotopic (exact) mass is 424 g/mol. The molecule has 1 aromatic heterocycles. The number of ether oxygens (including phenoxy) is 1. The van der Waals surface area contributed by atoms with Crippen molar-refractivity contribution in [3.63, 3.8) is 0 Å². The quantitative estimate of drug-likeness (QED) is 0.142. The summed E-state index contributed by atoms with van der Waals surface area (Å²) in [5, 5.41) is 8.87. The zero-order valence-corrected chi connectivity index (χ0v) is 18.6. The SMILES string of the molecule is CC1(C)c2cc3c(ccc4ccccc43)c3c2-c2c1cc1cc4ccccc4cc1[n+]2CO3. The summed E-state index contributed by atoms with van der Waals surface area (Å²) in [6.45, 7) is 5.26. The van der Waals surface area contributed by atoms with Gasteiger partial charge >= 0.3 is 0 Å². The van der Waals surface area contributed by atoms with Crippen molar-refractivity contribution in [2.24, 2.45) is 0 Å². The Morgan fingerprint density at radius 2 is 1.42 bits per heavy atom. The van der Waals surface area contributed by atoms with Gasteiger partial charge < -0.3 is 4.74 Å². The van der Waals surface area contributed by atoms with Gasteiger partial charge in [0.2, 0.25) is 11.2 Å². The van der Waals surface area contributed by atoms with Gasteiger partial charge in [-0.05, 0) is 56.8 Å². The molecule has 0 amide bonds. The van der Waals surface area contributed by atoms with Gasteiger partial charge in [-0.25, -0.2) is 0 Å². The first-order valence-electron chi connectivity index (χ1n) is 11.6. The molecule has 0 fully saturated rings. The molecule has 0 atom stereocenters. The van der Waals surface area contributed by atoms with E-state index in [9.17, 15) is 0 Å². The standard InChI is InChI=1S/C31H22NO/c1-31(2)25-16-24-22-10-6-5-7-18(22)11-12-23(24)30-28(25)29-26(31)14-21-13-19-8-3-4-9-20(19)15-27(21)32(29)17-33-30/h3-16H,17H2,1-2H3/q+1. The molecule has 0 saturated carbocycles. The van der Waals surface area contributed by atoms with Crippen LogP contribution >= 0.6 is 0 Å². The molecule has 2 heterocycles. The lowest BCUT2D eigenvalue weighted by atomic mass is 9.81. The van der Waals surface area contributed by atoms with Crippen molar-refractivity contribution in [2.75, 3.05) is 0 Å². The first-order valence-corrected chi connectivity index (χ1v) is 11.6. The predicted molar refractivity (Wildman–Crippen MR) is 135 cm³/mol. The van der Waals surface area contributed by atoms with Crippen LogP contribution in [0, 0.1) is 0 Å². The number of hydrogen-bond acceptors (Lipinski definition) is 1. The van der Waals surface area contributed by atoms with Gasteiger partial charge in [-0.2, -0.15) is 4.57 Å². The van der Waals surface area contributed by atoms with Crippen molar-refractivity contribution >= 4 is 43.2 Å². The normalized spacial score (nSPS) is 15.3. The molecule has 5 aromatic carbocycles. The molecular weight excluding hydrogens is 402 g/mol. The van der Waals surface area contributed by atoms with Gasteiger partial charge in [0.15, 0.2) is 0 Å². The summed E-state index contributed by atoms with van der Waals surface area (Å²) >= 11 is 0. The van der Waals surface area contributed by atoms with E-state index in [2.05, 4.69) is 103 Å². The maximum Gasteiger partial charge on any atom is 0.293 e. The van der Waals surface area contributed by atoms with Gasteiger partial charge in [-0.3, -0.25) is 0 Å². The van der Waals surface area contributed by atoms with Crippen molar-refractivity contribution in [1.82, 2.24) is 0 Å². The van der Waals surface area contributed by atoms with Crippen molar-refractivity contribution in [3.05, 3.63) is 96.1 Å². The molecule has 1 aliphatic heterocycles. The van der Waals surface area contributed by atoms with E-state index in [0.717, 1.165) is 5.75 Å². The van der Waals surface area contributed by atoms with Crippen LogP contribution in [0.25, 0.3) is 54.5 Å². The highest BCUT2D eigenvalue weighted by atomic mass is 16.5. The Hall–Kier alpha value is -3.91. The van der Waals surface area contributed by atoms with Crippen molar-refractivity contribution in [2.45, 2.75) is 26.0 Å². The highest BCUT2D eigenvalue weighted by Gasteiger charge is 2.47. The topological polar surface area (TPSA) is 13.1 Å². The lowest BCUT2D eigenvalue weighted by Gasteiger charge is -2.21. The smallest absolute Gasteiger partial charge is 0.293 e. The highest BCUT2D eigenvalue weighted by Crippen LogP contribution is 2.55. The van der Waals surface area contributed by atoms with Gasteiger partial charge in [0.25, 0.3) is 6.73 Å². The van der Waals surface area contributed by atoms with E-state index >= 15 is 0 Å². The van der Waals surface area contributed by atoms with E-state index in [4.69, 9.17) is 4.74 Å². The van der Waals surface area contributed by atoms with Gasteiger partial charge in [0.05, 0.1) is 5.56 Å². The van der Waals surface area contributed by atoms with E-state index in [-0.39, 0.29) is 5.41 Å². The van der Waals surface area contributed by atoms with Crippen LogP contribution in [0.5, 0.6) is 5.75 Å². The molecule has 2 nitrogen and oxygen atoms in total. The van der Waals surface area contributed by atoms with Crippen LogP contribution in [-0.4, -0.2) is 0 Å². The van der Waals surface area contributed by atoms with E-state index < -0.39 is 0 Å². The van der Waals surface area contributed by atoms with Crippen LogP contribution in [-0.2, 0) is 12.1 Å². The van der Waals surface area contributed by atoms with Crippen molar-refractivity contribution < 1.29 is 9.30 Å². The minimum atomic E-state index is -0.0974. The van der Waals surface area contributed by atoms with Crippen LogP contribution in [0.1, 0.15) is 25.0 Å². The number of hydrogen-bond donors (Lipinski definition) is 0. The lowest BCUT2D eigenvalue weighted by Crippen LogP contribution is -2.42. The minimum absolute atomic E-state index is 0.0974. The Labute approximate surface area is 191 Å². The van der Waals surface area contributed by atoms with Crippen LogP contribution in [0.4, 0.5) is 0 Å². The molecule has 0 bridgehead atoms. The molecule has 0 radical (unpaired) electrons. The number of pyridine rings is 1. The maximum atomic E-state index is 6.60. The van der Waals surface area contributed by atoms with E-state index in [1.807, 2.05) is 0 Å². The summed E-state index contributed by atoms with van der Waals surface area (Å²) in [4.78, 5) is 0. The Morgan fingerprint density at radius 1 is 0.667 bits per heavy atom. The third-order valence-corrected chi connectivity index (χ3v) is 7.93. The van der Waals surface area contributed by atoms with E-state index in [0.29, 0.717) is 6.73 Å². The second-order valence-electron chi connectivity index (χ2n) is 10.0.